The van der Waals surface area contributed by atoms with Crippen molar-refractivity contribution in [3.8, 4) is 11.5 Å². The van der Waals surface area contributed by atoms with Crippen LogP contribution in [0, 0.1) is 13.8 Å². The van der Waals surface area contributed by atoms with Crippen LogP contribution in [0.5, 0.6) is 11.5 Å². The van der Waals surface area contributed by atoms with Crippen LogP contribution in [0.3, 0.4) is 0 Å². The van der Waals surface area contributed by atoms with Gasteiger partial charge in [-0.15, -0.1) is 0 Å². The molecule has 7 heteroatoms. The number of aromatic nitrogens is 2. The van der Waals surface area contributed by atoms with E-state index in [0.29, 0.717) is 23.9 Å². The largest absolute Gasteiger partial charge is 0.493 e. The number of amides is 1. The van der Waals surface area contributed by atoms with Gasteiger partial charge in [0.1, 0.15) is 17.3 Å². The molecule has 0 radical (unpaired) electrons. The van der Waals surface area contributed by atoms with E-state index in [2.05, 4.69) is 35.9 Å². The van der Waals surface area contributed by atoms with Crippen molar-refractivity contribution in [2.75, 3.05) is 13.2 Å². The molecule has 0 spiro atoms. The molecule has 1 heterocycles. The molecule has 0 atom stereocenters. The number of halogens is 1. The predicted octanol–water partition coefficient (Wildman–Crippen LogP) is 5.47. The highest BCUT2D eigenvalue weighted by Gasteiger charge is 2.12. The summed E-state index contributed by atoms with van der Waals surface area (Å²) in [6, 6.07) is 21.1. The number of rotatable bonds is 10. The molecule has 0 fully saturated rings. The number of imidazole rings is 1. The molecule has 0 saturated carbocycles. The number of carbonyl (C=O) groups excluding carboxylic acids is 1. The summed E-state index contributed by atoms with van der Waals surface area (Å²) in [5.74, 6) is 2.09. The van der Waals surface area contributed by atoms with Crippen LogP contribution in [0.1, 0.15) is 23.4 Å². The van der Waals surface area contributed by atoms with Crippen LogP contribution >= 0.6 is 11.6 Å². The van der Waals surface area contributed by atoms with Crippen LogP contribution in [0.2, 0.25) is 5.02 Å². The number of hydrogen-bond acceptors (Lipinski definition) is 4. The fourth-order valence-electron chi connectivity index (χ4n) is 3.78. The van der Waals surface area contributed by atoms with Crippen LogP contribution in [0.15, 0.2) is 66.7 Å². The van der Waals surface area contributed by atoms with Crippen LogP contribution in [0.25, 0.3) is 11.0 Å². The molecule has 1 N–H and O–H groups in total. The normalized spacial score (nSPS) is 10.9. The van der Waals surface area contributed by atoms with Crippen LogP contribution in [0.4, 0.5) is 0 Å². The third kappa shape index (κ3) is 6.08. The van der Waals surface area contributed by atoms with Crippen LogP contribution < -0.4 is 14.8 Å². The Hall–Kier alpha value is -3.51. The van der Waals surface area contributed by atoms with Gasteiger partial charge in [-0.05, 0) is 68.3 Å². The molecule has 0 saturated heterocycles. The molecule has 0 aliphatic carbocycles. The molecule has 1 amide bonds. The molecule has 34 heavy (non-hydrogen) atoms. The van der Waals surface area contributed by atoms with E-state index in [-0.39, 0.29) is 12.5 Å². The molecule has 6 nitrogen and oxygen atoms in total. The van der Waals surface area contributed by atoms with Gasteiger partial charge in [0, 0.05) is 11.6 Å². The molecule has 1 aromatic heterocycles. The Morgan fingerprint density at radius 1 is 1.03 bits per heavy atom. The lowest BCUT2D eigenvalue weighted by atomic mass is 10.1. The molecule has 4 aromatic rings. The second-order valence-electron chi connectivity index (χ2n) is 8.16. The Balaban J connectivity index is 1.34. The molecule has 4 rings (SSSR count). The van der Waals surface area contributed by atoms with E-state index in [9.17, 15) is 4.79 Å². The highest BCUT2D eigenvalue weighted by molar-refractivity contribution is 6.30. The lowest BCUT2D eigenvalue weighted by Crippen LogP contribution is -2.29. The maximum Gasteiger partial charge on any atom is 0.258 e. The second-order valence-corrected chi connectivity index (χ2v) is 8.60. The van der Waals surface area contributed by atoms with Gasteiger partial charge < -0.3 is 19.4 Å². The lowest BCUT2D eigenvalue weighted by molar-refractivity contribution is -0.123. The van der Waals surface area contributed by atoms with Gasteiger partial charge in [-0.3, -0.25) is 4.79 Å². The maximum atomic E-state index is 12.3. The fourth-order valence-corrected chi connectivity index (χ4v) is 3.91. The molecule has 3 aromatic carbocycles. The summed E-state index contributed by atoms with van der Waals surface area (Å²) in [6.45, 7) is 5.70. The second kappa shape index (κ2) is 11.1. The van der Waals surface area contributed by atoms with Gasteiger partial charge in [-0.2, -0.15) is 0 Å². The van der Waals surface area contributed by atoms with Crippen molar-refractivity contribution in [2.45, 2.75) is 33.4 Å². The van der Waals surface area contributed by atoms with Crippen molar-refractivity contribution < 1.29 is 14.3 Å². The maximum absolute atomic E-state index is 12.3. The van der Waals surface area contributed by atoms with Crippen LogP contribution in [-0.2, 0) is 17.9 Å². The summed E-state index contributed by atoms with van der Waals surface area (Å²) >= 11 is 5.88. The summed E-state index contributed by atoms with van der Waals surface area (Å²) in [6.07, 6.45) is 0.814. The van der Waals surface area contributed by atoms with Crippen molar-refractivity contribution in [1.82, 2.24) is 14.9 Å². The van der Waals surface area contributed by atoms with Gasteiger partial charge in [0.15, 0.2) is 6.61 Å². The number of nitrogens with one attached hydrogen (secondary N) is 1. The fraction of sp³-hybridized carbons (Fsp3) is 0.259. The number of nitrogens with zero attached hydrogens (tertiary/aromatic N) is 2. The van der Waals surface area contributed by atoms with Gasteiger partial charge in [0.05, 0.1) is 24.2 Å². The molecule has 0 bridgehead atoms. The Kier molecular flexibility index (Phi) is 7.70. The molecule has 0 aliphatic rings. The minimum absolute atomic E-state index is 0.0778. The van der Waals surface area contributed by atoms with E-state index >= 15 is 0 Å². The summed E-state index contributed by atoms with van der Waals surface area (Å²) in [5.41, 5.74) is 4.30. The first-order valence-corrected chi connectivity index (χ1v) is 11.7. The van der Waals surface area contributed by atoms with Crippen molar-refractivity contribution in [3.63, 3.8) is 0 Å². The smallest absolute Gasteiger partial charge is 0.258 e. The molecular weight excluding hydrogens is 450 g/mol. The zero-order valence-electron chi connectivity index (χ0n) is 19.4. The SMILES string of the molecule is Cc1ccc(OCCCn2c(CNC(=O)COc3ccc(Cl)cc3)nc3ccccc32)c(C)c1. The van der Waals surface area contributed by atoms with Gasteiger partial charge in [0.2, 0.25) is 0 Å². The summed E-state index contributed by atoms with van der Waals surface area (Å²) in [7, 11) is 0. The topological polar surface area (TPSA) is 65.4 Å². The highest BCUT2D eigenvalue weighted by atomic mass is 35.5. The van der Waals surface area contributed by atoms with Crippen LogP contribution in [-0.4, -0.2) is 28.7 Å². The minimum atomic E-state index is -0.216. The van der Waals surface area contributed by atoms with Gasteiger partial charge in [-0.1, -0.05) is 41.4 Å². The van der Waals surface area contributed by atoms with E-state index in [4.69, 9.17) is 26.1 Å². The van der Waals surface area contributed by atoms with Gasteiger partial charge >= 0.3 is 0 Å². The van der Waals surface area contributed by atoms with Crippen molar-refractivity contribution in [1.29, 1.82) is 0 Å². The van der Waals surface area contributed by atoms with Crippen molar-refractivity contribution in [3.05, 3.63) is 88.7 Å². The molecule has 0 aliphatic heterocycles. The zero-order valence-corrected chi connectivity index (χ0v) is 20.1. The van der Waals surface area contributed by atoms with E-state index in [1.165, 1.54) is 5.56 Å². The average molecular weight is 478 g/mol. The lowest BCUT2D eigenvalue weighted by Gasteiger charge is -2.13. The average Bonchev–Trinajstić information content (AvgIpc) is 3.18. The predicted molar refractivity (Wildman–Crippen MR) is 135 cm³/mol. The Morgan fingerprint density at radius 2 is 1.82 bits per heavy atom. The molecule has 176 valence electrons. The Morgan fingerprint density at radius 3 is 2.62 bits per heavy atom. The zero-order chi connectivity index (χ0) is 23.9. The molecular formula is C27H28ClN3O3. The number of carbonyl (C=O) groups is 1. The molecule has 0 unspecified atom stereocenters. The van der Waals surface area contributed by atoms with E-state index < -0.39 is 0 Å². The quantitative estimate of drug-likeness (QED) is 0.307. The third-order valence-corrected chi connectivity index (χ3v) is 5.73. The van der Waals surface area contributed by atoms with Crippen molar-refractivity contribution >= 4 is 28.5 Å². The number of ether oxygens (including phenoxy) is 2. The first-order chi connectivity index (χ1) is 16.5. The van der Waals surface area contributed by atoms with E-state index in [0.717, 1.165) is 41.1 Å². The number of hydrogen-bond donors (Lipinski definition) is 1. The van der Waals surface area contributed by atoms with Gasteiger partial charge in [-0.25, -0.2) is 4.98 Å². The van der Waals surface area contributed by atoms with Crippen molar-refractivity contribution in [2.24, 2.45) is 0 Å². The number of benzene rings is 3. The van der Waals surface area contributed by atoms with Gasteiger partial charge in [0.25, 0.3) is 5.91 Å². The summed E-state index contributed by atoms with van der Waals surface area (Å²) in [5, 5.41) is 3.53. The van der Waals surface area contributed by atoms with E-state index in [1.807, 2.05) is 30.3 Å². The third-order valence-electron chi connectivity index (χ3n) is 5.47. The first kappa shape index (κ1) is 23.6. The highest BCUT2D eigenvalue weighted by Crippen LogP contribution is 2.20. The number of para-hydroxylation sites is 2. The Bertz CT molecular complexity index is 1270. The monoisotopic (exact) mass is 477 g/mol. The first-order valence-electron chi connectivity index (χ1n) is 11.3. The standard InChI is InChI=1S/C27H28ClN3O3/c1-19-8-13-25(20(2)16-19)33-15-5-14-31-24-7-4-3-6-23(24)30-26(31)17-29-27(32)18-34-22-11-9-21(28)10-12-22/h3-4,6-13,16H,5,14-15,17-18H2,1-2H3,(H,29,32). The summed E-state index contributed by atoms with van der Waals surface area (Å²) in [4.78, 5) is 17.1. The van der Waals surface area contributed by atoms with E-state index in [1.54, 1.807) is 24.3 Å². The number of fused-ring (bicyclic) bond motifs is 1. The minimum Gasteiger partial charge on any atom is -0.493 e. The number of aryl methyl sites for hydroxylation is 3. The summed E-state index contributed by atoms with van der Waals surface area (Å²) < 4.78 is 13.7. The Labute approximate surface area is 204 Å².